The van der Waals surface area contributed by atoms with Crippen LogP contribution in [0.5, 0.6) is 0 Å². The lowest BCUT2D eigenvalue weighted by atomic mass is 10.5. The molecule has 92 valence electrons. The van der Waals surface area contributed by atoms with Gasteiger partial charge in [-0.25, -0.2) is 21.6 Å². The van der Waals surface area contributed by atoms with Gasteiger partial charge in [-0.05, 0) is 13.0 Å². The Labute approximate surface area is 91.2 Å². The number of nitrogens with two attached hydrogens (primary N) is 1. The maximum Gasteiger partial charge on any atom is 0.211 e. The summed E-state index contributed by atoms with van der Waals surface area (Å²) >= 11 is 0. The Kier molecular flexibility index (Phi) is 6.34. The zero-order valence-electron chi connectivity index (χ0n) is 8.77. The Balaban J connectivity index is 3.96. The molecule has 0 heterocycles. The zero-order valence-corrected chi connectivity index (χ0v) is 10.4. The van der Waals surface area contributed by atoms with Crippen molar-refractivity contribution >= 4 is 19.9 Å². The molecule has 0 atom stereocenters. The Morgan fingerprint density at radius 3 is 2.20 bits per heavy atom. The number of sulfone groups is 1. The molecule has 0 aromatic carbocycles. The van der Waals surface area contributed by atoms with Crippen molar-refractivity contribution in [2.45, 2.75) is 13.3 Å². The predicted molar refractivity (Wildman–Crippen MR) is 59.8 cm³/mol. The van der Waals surface area contributed by atoms with Gasteiger partial charge < -0.3 is 5.73 Å². The molecule has 15 heavy (non-hydrogen) atoms. The molecule has 0 aliphatic rings. The molecule has 0 aliphatic carbocycles. The van der Waals surface area contributed by atoms with Crippen LogP contribution in [0.4, 0.5) is 0 Å². The van der Waals surface area contributed by atoms with Gasteiger partial charge in [0.05, 0.1) is 11.5 Å². The molecule has 0 spiro atoms. The summed E-state index contributed by atoms with van der Waals surface area (Å²) in [4.78, 5) is 0. The molecule has 3 N–H and O–H groups in total. The minimum absolute atomic E-state index is 0.0253. The molecule has 0 aliphatic heterocycles. The van der Waals surface area contributed by atoms with E-state index in [2.05, 4.69) is 4.72 Å². The summed E-state index contributed by atoms with van der Waals surface area (Å²) in [7, 11) is -6.48. The highest BCUT2D eigenvalue weighted by Crippen LogP contribution is 1.91. The van der Waals surface area contributed by atoms with Gasteiger partial charge in [-0.2, -0.15) is 0 Å². The third-order valence-electron chi connectivity index (χ3n) is 1.79. The summed E-state index contributed by atoms with van der Waals surface area (Å²) in [6.45, 7) is 1.76. The van der Waals surface area contributed by atoms with Crippen LogP contribution in [0.1, 0.15) is 13.3 Å². The van der Waals surface area contributed by atoms with Crippen LogP contribution in [0.25, 0.3) is 0 Å². The van der Waals surface area contributed by atoms with Crippen LogP contribution < -0.4 is 10.5 Å². The maximum atomic E-state index is 11.2. The van der Waals surface area contributed by atoms with Gasteiger partial charge in [-0.1, -0.05) is 6.92 Å². The van der Waals surface area contributed by atoms with E-state index < -0.39 is 19.9 Å². The normalized spacial score (nSPS) is 12.9. The molecule has 0 saturated carbocycles. The van der Waals surface area contributed by atoms with Crippen LogP contribution in [0.15, 0.2) is 0 Å². The van der Waals surface area contributed by atoms with Crippen molar-refractivity contribution in [2.75, 3.05) is 30.3 Å². The molecule has 0 saturated heterocycles. The summed E-state index contributed by atoms with van der Waals surface area (Å²) < 4.78 is 46.7. The fourth-order valence-corrected chi connectivity index (χ4v) is 2.78. The van der Waals surface area contributed by atoms with E-state index >= 15 is 0 Å². The van der Waals surface area contributed by atoms with Crippen LogP contribution >= 0.6 is 0 Å². The fourth-order valence-electron chi connectivity index (χ4n) is 0.843. The first-order chi connectivity index (χ1) is 6.83. The first kappa shape index (κ1) is 14.8. The standard InChI is InChI=1S/C7H18N2O4S2/c1-2-14(10,11)7-5-9-15(12,13)6-3-4-8/h9H,2-8H2,1H3. The Morgan fingerprint density at radius 2 is 1.73 bits per heavy atom. The van der Waals surface area contributed by atoms with Crippen LogP contribution in [-0.4, -0.2) is 47.2 Å². The number of nitrogens with one attached hydrogen (secondary N) is 1. The molecule has 0 rings (SSSR count). The smallest absolute Gasteiger partial charge is 0.211 e. The monoisotopic (exact) mass is 258 g/mol. The number of rotatable bonds is 8. The van der Waals surface area contributed by atoms with E-state index in [-0.39, 0.29) is 23.8 Å². The number of sulfonamides is 1. The van der Waals surface area contributed by atoms with E-state index in [0.29, 0.717) is 13.0 Å². The minimum atomic E-state index is -3.37. The van der Waals surface area contributed by atoms with Crippen molar-refractivity contribution in [1.82, 2.24) is 4.72 Å². The second-order valence-corrected chi connectivity index (χ2v) is 7.49. The molecule has 0 amide bonds. The van der Waals surface area contributed by atoms with Gasteiger partial charge in [0.2, 0.25) is 10.0 Å². The summed E-state index contributed by atoms with van der Waals surface area (Å²) in [5.74, 6) is -0.196. The highest BCUT2D eigenvalue weighted by Gasteiger charge is 2.12. The second-order valence-electron chi connectivity index (χ2n) is 3.09. The number of hydrogen-bond donors (Lipinski definition) is 2. The average molecular weight is 258 g/mol. The van der Waals surface area contributed by atoms with E-state index in [9.17, 15) is 16.8 Å². The Morgan fingerprint density at radius 1 is 1.13 bits per heavy atom. The van der Waals surface area contributed by atoms with Gasteiger partial charge >= 0.3 is 0 Å². The molecule has 6 nitrogen and oxygen atoms in total. The zero-order chi connectivity index (χ0) is 11.9. The number of hydrogen-bond acceptors (Lipinski definition) is 5. The van der Waals surface area contributed by atoms with E-state index in [1.807, 2.05) is 0 Å². The van der Waals surface area contributed by atoms with E-state index in [1.54, 1.807) is 0 Å². The van der Waals surface area contributed by atoms with Crippen molar-refractivity contribution in [3.8, 4) is 0 Å². The van der Waals surface area contributed by atoms with Gasteiger partial charge in [-0.3, -0.25) is 0 Å². The third-order valence-corrected chi connectivity index (χ3v) is 4.97. The minimum Gasteiger partial charge on any atom is -0.330 e. The lowest BCUT2D eigenvalue weighted by Crippen LogP contribution is -2.32. The lowest BCUT2D eigenvalue weighted by molar-refractivity contribution is 0.579. The van der Waals surface area contributed by atoms with Crippen molar-refractivity contribution in [3.05, 3.63) is 0 Å². The highest BCUT2D eigenvalue weighted by molar-refractivity contribution is 7.91. The molecule has 0 unspecified atom stereocenters. The third kappa shape index (κ3) is 7.71. The molecule has 0 bridgehead atoms. The first-order valence-corrected chi connectivity index (χ1v) is 8.18. The van der Waals surface area contributed by atoms with E-state index in [0.717, 1.165) is 0 Å². The van der Waals surface area contributed by atoms with Gasteiger partial charge in [0.1, 0.15) is 0 Å². The summed E-state index contributed by atoms with van der Waals surface area (Å²) in [5.41, 5.74) is 5.17. The van der Waals surface area contributed by atoms with Crippen LogP contribution in [0.2, 0.25) is 0 Å². The predicted octanol–water partition coefficient (Wildman–Crippen LogP) is -1.31. The van der Waals surface area contributed by atoms with Gasteiger partial charge in [-0.15, -0.1) is 0 Å². The molecule has 0 radical (unpaired) electrons. The molecular formula is C7H18N2O4S2. The van der Waals surface area contributed by atoms with Crippen molar-refractivity contribution < 1.29 is 16.8 Å². The maximum absolute atomic E-state index is 11.2. The Hall–Kier alpha value is -0.180. The first-order valence-electron chi connectivity index (χ1n) is 4.71. The molecule has 0 aromatic heterocycles. The van der Waals surface area contributed by atoms with E-state index in [4.69, 9.17) is 5.73 Å². The molecular weight excluding hydrogens is 240 g/mol. The Bertz CT molecular complexity index is 360. The summed E-state index contributed by atoms with van der Waals surface area (Å²) in [6, 6.07) is 0. The highest BCUT2D eigenvalue weighted by atomic mass is 32.2. The molecule has 0 fully saturated rings. The van der Waals surface area contributed by atoms with Gasteiger partial charge in [0, 0.05) is 12.3 Å². The van der Waals surface area contributed by atoms with Gasteiger partial charge in [0.15, 0.2) is 9.84 Å². The molecule has 0 aromatic rings. The quantitative estimate of drug-likeness (QED) is 0.562. The SMILES string of the molecule is CCS(=O)(=O)CCNS(=O)(=O)CCCN. The van der Waals surface area contributed by atoms with Crippen molar-refractivity contribution in [2.24, 2.45) is 5.73 Å². The largest absolute Gasteiger partial charge is 0.330 e. The fraction of sp³-hybridized carbons (Fsp3) is 1.00. The van der Waals surface area contributed by atoms with Crippen molar-refractivity contribution in [1.29, 1.82) is 0 Å². The van der Waals surface area contributed by atoms with E-state index in [1.165, 1.54) is 6.92 Å². The lowest BCUT2D eigenvalue weighted by Gasteiger charge is -2.05. The second kappa shape index (κ2) is 6.41. The van der Waals surface area contributed by atoms with Crippen LogP contribution in [0, 0.1) is 0 Å². The average Bonchev–Trinajstić information content (AvgIpc) is 2.14. The van der Waals surface area contributed by atoms with Crippen LogP contribution in [-0.2, 0) is 19.9 Å². The summed E-state index contributed by atoms with van der Waals surface area (Å²) in [6.07, 6.45) is 0.371. The molecule has 8 heteroatoms. The topological polar surface area (TPSA) is 106 Å². The summed E-state index contributed by atoms with van der Waals surface area (Å²) in [5, 5.41) is 0. The van der Waals surface area contributed by atoms with Crippen LogP contribution in [0.3, 0.4) is 0 Å². The van der Waals surface area contributed by atoms with Crippen molar-refractivity contribution in [3.63, 3.8) is 0 Å². The van der Waals surface area contributed by atoms with Gasteiger partial charge in [0.25, 0.3) is 0 Å².